The second-order valence-corrected chi connectivity index (χ2v) is 5.40. The molecule has 0 bridgehead atoms. The maximum Gasteiger partial charge on any atom is 0.316 e. The highest BCUT2D eigenvalue weighted by Crippen LogP contribution is 2.39. The van der Waals surface area contributed by atoms with E-state index >= 15 is 0 Å². The lowest BCUT2D eigenvalue weighted by Crippen LogP contribution is -2.43. The molecule has 2 atom stereocenters. The first-order chi connectivity index (χ1) is 6.94. The average molecular weight is 213 g/mol. The molecule has 2 heterocycles. The molecule has 2 aliphatic heterocycles. The first-order valence-electron chi connectivity index (χ1n) is 5.50. The number of hydrogen-bond acceptors (Lipinski definition) is 4. The van der Waals surface area contributed by atoms with Crippen molar-refractivity contribution in [1.82, 2.24) is 5.32 Å². The highest BCUT2D eigenvalue weighted by atomic mass is 16.6. The van der Waals surface area contributed by atoms with Crippen LogP contribution in [0.2, 0.25) is 0 Å². The summed E-state index contributed by atoms with van der Waals surface area (Å²) >= 11 is 0. The van der Waals surface area contributed by atoms with Crippen LogP contribution >= 0.6 is 0 Å². The first-order valence-corrected chi connectivity index (χ1v) is 5.50. The van der Waals surface area contributed by atoms with Gasteiger partial charge in [0, 0.05) is 19.7 Å². The molecule has 4 heteroatoms. The predicted octanol–water partition coefficient (Wildman–Crippen LogP) is 0.707. The van der Waals surface area contributed by atoms with Crippen LogP contribution in [0.15, 0.2) is 0 Å². The fourth-order valence-electron chi connectivity index (χ4n) is 2.27. The molecule has 15 heavy (non-hydrogen) atoms. The van der Waals surface area contributed by atoms with Crippen LogP contribution in [0.4, 0.5) is 0 Å². The van der Waals surface area contributed by atoms with Crippen LogP contribution in [0.25, 0.3) is 0 Å². The lowest BCUT2D eigenvalue weighted by atomic mass is 9.83. The Labute approximate surface area is 90.3 Å². The fraction of sp³-hybridized carbons (Fsp3) is 0.909. The number of hydrogen-bond donors (Lipinski definition) is 1. The molecule has 0 aromatic carbocycles. The quantitative estimate of drug-likeness (QED) is 0.652. The molecule has 2 rings (SSSR count). The average Bonchev–Trinajstić information content (AvgIpc) is 2.55. The van der Waals surface area contributed by atoms with Gasteiger partial charge in [-0.05, 0) is 27.2 Å². The number of carbonyl (C=O) groups excluding carboxylic acids is 1. The minimum Gasteiger partial charge on any atom is -0.459 e. The van der Waals surface area contributed by atoms with E-state index in [-0.39, 0.29) is 12.1 Å². The molecule has 0 aromatic heterocycles. The Bertz CT molecular complexity index is 259. The van der Waals surface area contributed by atoms with E-state index in [1.807, 2.05) is 20.8 Å². The van der Waals surface area contributed by atoms with E-state index in [1.165, 1.54) is 0 Å². The van der Waals surface area contributed by atoms with Crippen LogP contribution in [0, 0.1) is 5.41 Å². The number of nitrogens with one attached hydrogen (secondary N) is 1. The van der Waals surface area contributed by atoms with E-state index in [4.69, 9.17) is 9.47 Å². The molecule has 1 N–H and O–H groups in total. The van der Waals surface area contributed by atoms with Crippen LogP contribution < -0.4 is 5.32 Å². The largest absolute Gasteiger partial charge is 0.459 e. The maximum absolute atomic E-state index is 12.1. The molecule has 4 nitrogen and oxygen atoms in total. The van der Waals surface area contributed by atoms with Gasteiger partial charge in [0.2, 0.25) is 0 Å². The Morgan fingerprint density at radius 2 is 2.27 bits per heavy atom. The van der Waals surface area contributed by atoms with E-state index in [2.05, 4.69) is 5.32 Å². The van der Waals surface area contributed by atoms with Crippen molar-refractivity contribution in [3.63, 3.8) is 0 Å². The summed E-state index contributed by atoms with van der Waals surface area (Å²) in [6.45, 7) is 7.82. The molecular weight excluding hydrogens is 194 g/mol. The molecule has 0 aromatic rings. The fourth-order valence-corrected chi connectivity index (χ4v) is 2.27. The van der Waals surface area contributed by atoms with Crippen molar-refractivity contribution in [2.24, 2.45) is 5.41 Å². The minimum absolute atomic E-state index is 0.00681. The molecule has 0 saturated carbocycles. The van der Waals surface area contributed by atoms with Gasteiger partial charge in [-0.3, -0.25) is 4.79 Å². The van der Waals surface area contributed by atoms with E-state index < -0.39 is 11.0 Å². The SMILES string of the molecule is CC(C)(C)OC(=O)C12CCOC1CNC2. The molecule has 0 spiro atoms. The van der Waals surface area contributed by atoms with E-state index in [1.54, 1.807) is 0 Å². The Morgan fingerprint density at radius 1 is 1.53 bits per heavy atom. The van der Waals surface area contributed by atoms with Crippen LogP contribution in [-0.2, 0) is 14.3 Å². The van der Waals surface area contributed by atoms with Crippen LogP contribution in [0.5, 0.6) is 0 Å². The summed E-state index contributed by atoms with van der Waals surface area (Å²) in [6, 6.07) is 0. The lowest BCUT2D eigenvalue weighted by Gasteiger charge is -2.29. The third kappa shape index (κ3) is 1.88. The Morgan fingerprint density at radius 3 is 2.93 bits per heavy atom. The smallest absolute Gasteiger partial charge is 0.316 e. The van der Waals surface area contributed by atoms with Gasteiger partial charge in [-0.2, -0.15) is 0 Å². The maximum atomic E-state index is 12.1. The standard InChI is InChI=1S/C11H19NO3/c1-10(2,3)15-9(13)11-4-5-14-8(11)6-12-7-11/h8,12H,4-7H2,1-3H3. The summed E-state index contributed by atoms with van der Waals surface area (Å²) in [5.41, 5.74) is -0.838. The first kappa shape index (κ1) is 10.9. The number of carbonyl (C=O) groups is 1. The van der Waals surface area contributed by atoms with Crippen LogP contribution in [0.1, 0.15) is 27.2 Å². The highest BCUT2D eigenvalue weighted by molar-refractivity contribution is 5.79. The number of ether oxygens (including phenoxy) is 2. The lowest BCUT2D eigenvalue weighted by molar-refractivity contribution is -0.168. The molecule has 2 unspecified atom stereocenters. The summed E-state index contributed by atoms with van der Waals surface area (Å²) in [6.07, 6.45) is 0.784. The zero-order chi connectivity index (χ0) is 11.1. The van der Waals surface area contributed by atoms with E-state index in [0.29, 0.717) is 13.2 Å². The van der Waals surface area contributed by atoms with Gasteiger partial charge in [-0.25, -0.2) is 0 Å². The van der Waals surface area contributed by atoms with Crippen molar-refractivity contribution in [3.05, 3.63) is 0 Å². The molecule has 86 valence electrons. The number of rotatable bonds is 1. The van der Waals surface area contributed by atoms with Gasteiger partial charge in [0.25, 0.3) is 0 Å². The van der Waals surface area contributed by atoms with Gasteiger partial charge in [0.05, 0.1) is 6.10 Å². The Hall–Kier alpha value is -0.610. The molecule has 2 fully saturated rings. The van der Waals surface area contributed by atoms with E-state index in [9.17, 15) is 4.79 Å². The van der Waals surface area contributed by atoms with Gasteiger partial charge in [0.15, 0.2) is 0 Å². The number of esters is 1. The summed E-state index contributed by atoms with van der Waals surface area (Å²) < 4.78 is 11.0. The zero-order valence-electron chi connectivity index (χ0n) is 9.63. The van der Waals surface area contributed by atoms with Crippen molar-refractivity contribution in [2.45, 2.75) is 38.9 Å². The third-order valence-electron chi connectivity index (χ3n) is 3.06. The van der Waals surface area contributed by atoms with Gasteiger partial charge >= 0.3 is 5.97 Å². The second-order valence-electron chi connectivity index (χ2n) is 5.40. The van der Waals surface area contributed by atoms with Crippen molar-refractivity contribution >= 4 is 5.97 Å². The van der Waals surface area contributed by atoms with Crippen LogP contribution in [0.3, 0.4) is 0 Å². The Balaban J connectivity index is 2.11. The summed E-state index contributed by atoms with van der Waals surface area (Å²) in [7, 11) is 0. The summed E-state index contributed by atoms with van der Waals surface area (Å²) in [5, 5.41) is 3.21. The van der Waals surface area contributed by atoms with Crippen molar-refractivity contribution in [2.75, 3.05) is 19.7 Å². The monoisotopic (exact) mass is 213 g/mol. The molecule has 2 aliphatic rings. The van der Waals surface area contributed by atoms with Gasteiger partial charge < -0.3 is 14.8 Å². The van der Waals surface area contributed by atoms with Gasteiger partial charge in [-0.15, -0.1) is 0 Å². The molecule has 0 aliphatic carbocycles. The molecular formula is C11H19NO3. The van der Waals surface area contributed by atoms with Crippen molar-refractivity contribution in [3.8, 4) is 0 Å². The van der Waals surface area contributed by atoms with Crippen molar-refractivity contribution in [1.29, 1.82) is 0 Å². The normalized spacial score (nSPS) is 35.3. The topological polar surface area (TPSA) is 47.6 Å². The summed E-state index contributed by atoms with van der Waals surface area (Å²) in [5.74, 6) is -0.109. The summed E-state index contributed by atoms with van der Waals surface area (Å²) in [4.78, 5) is 12.1. The predicted molar refractivity (Wildman–Crippen MR) is 55.5 cm³/mol. The minimum atomic E-state index is -0.423. The van der Waals surface area contributed by atoms with E-state index in [0.717, 1.165) is 13.0 Å². The number of fused-ring (bicyclic) bond motifs is 1. The zero-order valence-corrected chi connectivity index (χ0v) is 9.63. The van der Waals surface area contributed by atoms with Gasteiger partial charge in [-0.1, -0.05) is 0 Å². The molecule has 2 saturated heterocycles. The van der Waals surface area contributed by atoms with Crippen molar-refractivity contribution < 1.29 is 14.3 Å². The van der Waals surface area contributed by atoms with Gasteiger partial charge in [0.1, 0.15) is 11.0 Å². The second kappa shape index (κ2) is 3.46. The molecule has 0 radical (unpaired) electrons. The Kier molecular flexibility index (Phi) is 2.51. The third-order valence-corrected chi connectivity index (χ3v) is 3.06. The molecule has 0 amide bonds. The highest BCUT2D eigenvalue weighted by Gasteiger charge is 2.55. The van der Waals surface area contributed by atoms with Crippen LogP contribution in [-0.4, -0.2) is 37.4 Å².